The third-order valence-electron chi connectivity index (χ3n) is 4.23. The van der Waals surface area contributed by atoms with Crippen molar-refractivity contribution in [1.82, 2.24) is 9.78 Å². The fourth-order valence-electron chi connectivity index (χ4n) is 2.95. The Balaban J connectivity index is 1.84. The first-order valence-corrected chi connectivity index (χ1v) is 8.25. The summed E-state index contributed by atoms with van der Waals surface area (Å²) in [7, 11) is 0. The molecule has 0 saturated carbocycles. The van der Waals surface area contributed by atoms with Crippen LogP contribution in [0.15, 0.2) is 30.6 Å². The molecule has 0 aliphatic carbocycles. The molecular formula is C18H24N4O. The number of aromatic nitrogens is 2. The second-order valence-corrected chi connectivity index (χ2v) is 6.47. The summed E-state index contributed by atoms with van der Waals surface area (Å²) in [5.41, 5.74) is 3.60. The summed E-state index contributed by atoms with van der Waals surface area (Å²) in [5.74, 6) is -0.0705. The number of hydrogen-bond acceptors (Lipinski definition) is 3. The number of carbonyl (C=O) groups excluding carboxylic acids is 1. The van der Waals surface area contributed by atoms with Crippen LogP contribution in [0.1, 0.15) is 48.7 Å². The van der Waals surface area contributed by atoms with Crippen molar-refractivity contribution in [3.63, 3.8) is 0 Å². The molecule has 0 spiro atoms. The molecule has 1 aromatic carbocycles. The zero-order valence-corrected chi connectivity index (χ0v) is 14.0. The quantitative estimate of drug-likeness (QED) is 0.938. The topological polar surface area (TPSA) is 50.2 Å². The molecule has 1 aliphatic heterocycles. The zero-order chi connectivity index (χ0) is 16.4. The van der Waals surface area contributed by atoms with Gasteiger partial charge >= 0.3 is 0 Å². The summed E-state index contributed by atoms with van der Waals surface area (Å²) in [6, 6.07) is 6.38. The van der Waals surface area contributed by atoms with Crippen molar-refractivity contribution in [2.45, 2.75) is 39.7 Å². The molecule has 5 heteroatoms. The third-order valence-corrected chi connectivity index (χ3v) is 4.23. The van der Waals surface area contributed by atoms with Gasteiger partial charge in [-0.15, -0.1) is 0 Å². The summed E-state index contributed by atoms with van der Waals surface area (Å²) in [6.45, 7) is 8.18. The van der Waals surface area contributed by atoms with Crippen LogP contribution in [0.4, 0.5) is 11.4 Å². The zero-order valence-electron chi connectivity index (χ0n) is 14.0. The van der Waals surface area contributed by atoms with Crippen LogP contribution < -0.4 is 10.2 Å². The van der Waals surface area contributed by atoms with Crippen LogP contribution in [0, 0.1) is 6.92 Å². The minimum atomic E-state index is -0.0705. The van der Waals surface area contributed by atoms with Crippen LogP contribution in [0.25, 0.3) is 0 Å². The Morgan fingerprint density at radius 1 is 1.26 bits per heavy atom. The molecule has 0 atom stereocenters. The van der Waals surface area contributed by atoms with Gasteiger partial charge in [0.1, 0.15) is 0 Å². The highest BCUT2D eigenvalue weighted by Crippen LogP contribution is 2.26. The lowest BCUT2D eigenvalue weighted by Gasteiger charge is -2.21. The largest absolute Gasteiger partial charge is 0.371 e. The van der Waals surface area contributed by atoms with Gasteiger partial charge in [-0.3, -0.25) is 9.48 Å². The Bertz CT molecular complexity index is 699. The van der Waals surface area contributed by atoms with Crippen molar-refractivity contribution in [2.75, 3.05) is 23.3 Å². The third kappa shape index (κ3) is 3.38. The maximum Gasteiger partial charge on any atom is 0.257 e. The number of anilines is 2. The number of benzene rings is 1. The Kier molecular flexibility index (Phi) is 4.37. The first kappa shape index (κ1) is 15.6. The molecule has 1 N–H and O–H groups in total. The van der Waals surface area contributed by atoms with Gasteiger partial charge in [-0.2, -0.15) is 5.10 Å². The van der Waals surface area contributed by atoms with E-state index in [4.69, 9.17) is 0 Å². The monoisotopic (exact) mass is 312 g/mol. The van der Waals surface area contributed by atoms with Crippen molar-refractivity contribution in [1.29, 1.82) is 0 Å². The van der Waals surface area contributed by atoms with Crippen molar-refractivity contribution < 1.29 is 4.79 Å². The molecule has 0 radical (unpaired) electrons. The highest BCUT2D eigenvalue weighted by molar-refractivity contribution is 6.08. The Hall–Kier alpha value is -2.30. The van der Waals surface area contributed by atoms with Gasteiger partial charge in [0.2, 0.25) is 0 Å². The number of nitrogens with zero attached hydrogens (tertiary/aromatic N) is 3. The van der Waals surface area contributed by atoms with E-state index in [0.717, 1.165) is 35.6 Å². The minimum absolute atomic E-state index is 0.0705. The van der Waals surface area contributed by atoms with E-state index in [1.54, 1.807) is 6.20 Å². The predicted molar refractivity (Wildman–Crippen MR) is 93.2 cm³/mol. The molecule has 5 nitrogen and oxygen atoms in total. The number of hydrogen-bond donors (Lipinski definition) is 1. The molecule has 0 unspecified atom stereocenters. The molecule has 1 aromatic heterocycles. The van der Waals surface area contributed by atoms with E-state index >= 15 is 0 Å². The molecule has 23 heavy (non-hydrogen) atoms. The van der Waals surface area contributed by atoms with E-state index in [2.05, 4.69) is 41.3 Å². The second-order valence-electron chi connectivity index (χ2n) is 6.47. The summed E-state index contributed by atoms with van der Waals surface area (Å²) < 4.78 is 1.84. The molecule has 0 bridgehead atoms. The van der Waals surface area contributed by atoms with Crippen LogP contribution in [0.3, 0.4) is 0 Å². The second kappa shape index (κ2) is 6.44. The van der Waals surface area contributed by atoms with E-state index in [9.17, 15) is 4.79 Å². The average Bonchev–Trinajstić information content (AvgIpc) is 3.18. The average molecular weight is 312 g/mol. The normalized spacial score (nSPS) is 14.5. The molecule has 1 saturated heterocycles. The van der Waals surface area contributed by atoms with E-state index in [0.29, 0.717) is 0 Å². The van der Waals surface area contributed by atoms with Gasteiger partial charge in [0, 0.05) is 31.0 Å². The van der Waals surface area contributed by atoms with Crippen LogP contribution in [-0.2, 0) is 0 Å². The Morgan fingerprint density at radius 2 is 2.00 bits per heavy atom. The first-order chi connectivity index (χ1) is 11.0. The van der Waals surface area contributed by atoms with Crippen molar-refractivity contribution in [2.24, 2.45) is 0 Å². The molecular weight excluding hydrogens is 288 g/mol. The molecule has 1 aliphatic rings. The van der Waals surface area contributed by atoms with E-state index < -0.39 is 0 Å². The van der Waals surface area contributed by atoms with Crippen LogP contribution in [0.2, 0.25) is 0 Å². The first-order valence-electron chi connectivity index (χ1n) is 8.25. The lowest BCUT2D eigenvalue weighted by atomic mass is 10.1. The summed E-state index contributed by atoms with van der Waals surface area (Å²) in [6.07, 6.45) is 5.95. The van der Waals surface area contributed by atoms with Gasteiger partial charge in [0.25, 0.3) is 5.91 Å². The fraction of sp³-hybridized carbons (Fsp3) is 0.444. The van der Waals surface area contributed by atoms with E-state index in [-0.39, 0.29) is 11.9 Å². The molecule has 2 aromatic rings. The molecule has 122 valence electrons. The fourth-order valence-corrected chi connectivity index (χ4v) is 2.95. The summed E-state index contributed by atoms with van der Waals surface area (Å²) in [5, 5.41) is 7.25. The number of aryl methyl sites for hydroxylation is 1. The van der Waals surface area contributed by atoms with Crippen molar-refractivity contribution >= 4 is 17.3 Å². The van der Waals surface area contributed by atoms with Gasteiger partial charge in [-0.25, -0.2) is 0 Å². The molecule has 3 rings (SSSR count). The highest BCUT2D eigenvalue weighted by atomic mass is 16.1. The van der Waals surface area contributed by atoms with Crippen LogP contribution in [0.5, 0.6) is 0 Å². The predicted octanol–water partition coefficient (Wildman–Crippen LogP) is 3.62. The number of rotatable bonds is 4. The van der Waals surface area contributed by atoms with Gasteiger partial charge in [-0.1, -0.05) is 11.6 Å². The van der Waals surface area contributed by atoms with Gasteiger partial charge in [-0.05, 0) is 45.7 Å². The Morgan fingerprint density at radius 3 is 2.65 bits per heavy atom. The standard InChI is InChI=1S/C18H24N4O/c1-13(2)22-12-15(11-19-22)20-18(23)16-10-14(3)6-7-17(16)21-8-4-5-9-21/h6-7,10-13H,4-5,8-9H2,1-3H3,(H,20,23). The van der Waals surface area contributed by atoms with Crippen molar-refractivity contribution in [3.8, 4) is 0 Å². The summed E-state index contributed by atoms with van der Waals surface area (Å²) in [4.78, 5) is 15.0. The number of nitrogens with one attached hydrogen (secondary N) is 1. The van der Waals surface area contributed by atoms with Gasteiger partial charge in [0.05, 0.1) is 17.4 Å². The number of amides is 1. The van der Waals surface area contributed by atoms with Gasteiger partial charge < -0.3 is 10.2 Å². The molecule has 1 amide bonds. The van der Waals surface area contributed by atoms with Crippen LogP contribution in [-0.4, -0.2) is 28.8 Å². The van der Waals surface area contributed by atoms with Crippen LogP contribution >= 0.6 is 0 Å². The van der Waals surface area contributed by atoms with Gasteiger partial charge in [0.15, 0.2) is 0 Å². The van der Waals surface area contributed by atoms with Crippen molar-refractivity contribution in [3.05, 3.63) is 41.7 Å². The molecule has 2 heterocycles. The summed E-state index contributed by atoms with van der Waals surface area (Å²) >= 11 is 0. The Labute approximate surface area is 137 Å². The number of carbonyl (C=O) groups is 1. The van der Waals surface area contributed by atoms with E-state index in [1.807, 2.05) is 23.9 Å². The van der Waals surface area contributed by atoms with E-state index in [1.165, 1.54) is 12.8 Å². The minimum Gasteiger partial charge on any atom is -0.371 e. The SMILES string of the molecule is Cc1ccc(N2CCCC2)c(C(=O)Nc2cnn(C(C)C)c2)c1. The lowest BCUT2D eigenvalue weighted by molar-refractivity contribution is 0.102. The maximum absolute atomic E-state index is 12.7. The molecule has 1 fully saturated rings. The lowest BCUT2D eigenvalue weighted by Crippen LogP contribution is -2.23. The highest BCUT2D eigenvalue weighted by Gasteiger charge is 2.20. The maximum atomic E-state index is 12.7. The smallest absolute Gasteiger partial charge is 0.257 e.